The van der Waals surface area contributed by atoms with Crippen molar-refractivity contribution in [1.82, 2.24) is 4.98 Å². The number of hydrogen-bond donors (Lipinski definition) is 2. The molecule has 19 heavy (non-hydrogen) atoms. The standard InChI is InChI=1S/C13H12N2O4/c1-19-11(16)7-15-12-9-3-2-4-10(13(17)18)8(9)5-6-14-12/h2-6H,7H2,1H3,(H,14,15)(H,17,18). The van der Waals surface area contributed by atoms with Crippen LogP contribution in [0.5, 0.6) is 0 Å². The highest BCUT2D eigenvalue weighted by atomic mass is 16.5. The fourth-order valence-electron chi connectivity index (χ4n) is 1.76. The maximum absolute atomic E-state index is 11.1. The summed E-state index contributed by atoms with van der Waals surface area (Å²) in [5.74, 6) is -0.977. The molecule has 0 atom stereocenters. The molecular formula is C13H12N2O4. The van der Waals surface area contributed by atoms with Crippen molar-refractivity contribution in [2.75, 3.05) is 19.0 Å². The van der Waals surface area contributed by atoms with Crippen LogP contribution in [0.15, 0.2) is 30.5 Å². The number of aromatic nitrogens is 1. The summed E-state index contributed by atoms with van der Waals surface area (Å²) in [4.78, 5) is 26.3. The number of carbonyl (C=O) groups is 2. The molecule has 1 aromatic carbocycles. The fraction of sp³-hybridized carbons (Fsp3) is 0.154. The number of ether oxygens (including phenoxy) is 1. The van der Waals surface area contributed by atoms with E-state index in [1.807, 2.05) is 0 Å². The van der Waals surface area contributed by atoms with E-state index in [2.05, 4.69) is 15.0 Å². The molecule has 0 saturated heterocycles. The Morgan fingerprint density at radius 3 is 2.79 bits per heavy atom. The summed E-state index contributed by atoms with van der Waals surface area (Å²) in [6.45, 7) is -0.0279. The van der Waals surface area contributed by atoms with Crippen LogP contribution in [0, 0.1) is 0 Å². The van der Waals surface area contributed by atoms with E-state index in [0.29, 0.717) is 16.6 Å². The molecule has 1 heterocycles. The van der Waals surface area contributed by atoms with Gasteiger partial charge in [-0.3, -0.25) is 4.79 Å². The molecule has 2 N–H and O–H groups in total. The van der Waals surface area contributed by atoms with Gasteiger partial charge in [0.1, 0.15) is 12.4 Å². The number of methoxy groups -OCH3 is 1. The van der Waals surface area contributed by atoms with Crippen LogP contribution in [-0.2, 0) is 9.53 Å². The average Bonchev–Trinajstić information content (AvgIpc) is 2.43. The summed E-state index contributed by atoms with van der Waals surface area (Å²) in [6.07, 6.45) is 1.49. The normalized spacial score (nSPS) is 10.2. The molecule has 0 fully saturated rings. The van der Waals surface area contributed by atoms with Crippen molar-refractivity contribution in [3.63, 3.8) is 0 Å². The van der Waals surface area contributed by atoms with Crippen LogP contribution < -0.4 is 5.32 Å². The van der Waals surface area contributed by atoms with Crippen LogP contribution in [-0.4, -0.2) is 35.7 Å². The third-order valence-electron chi connectivity index (χ3n) is 2.66. The first-order chi connectivity index (χ1) is 9.13. The van der Waals surface area contributed by atoms with E-state index in [-0.39, 0.29) is 12.1 Å². The van der Waals surface area contributed by atoms with Gasteiger partial charge < -0.3 is 15.2 Å². The zero-order chi connectivity index (χ0) is 13.8. The minimum absolute atomic E-state index is 0.0279. The van der Waals surface area contributed by atoms with Crippen molar-refractivity contribution >= 4 is 28.5 Å². The zero-order valence-corrected chi connectivity index (χ0v) is 10.2. The van der Waals surface area contributed by atoms with Gasteiger partial charge in [0.05, 0.1) is 12.7 Å². The molecule has 6 heteroatoms. The van der Waals surface area contributed by atoms with Crippen LogP contribution in [0.3, 0.4) is 0 Å². The number of rotatable bonds is 4. The van der Waals surface area contributed by atoms with Crippen molar-refractivity contribution in [2.24, 2.45) is 0 Å². The molecule has 0 aliphatic carbocycles. The predicted molar refractivity (Wildman–Crippen MR) is 69.2 cm³/mol. The highest BCUT2D eigenvalue weighted by Crippen LogP contribution is 2.24. The van der Waals surface area contributed by atoms with E-state index in [1.54, 1.807) is 18.2 Å². The molecule has 0 saturated carbocycles. The van der Waals surface area contributed by atoms with Crippen molar-refractivity contribution in [3.8, 4) is 0 Å². The molecule has 1 aromatic heterocycles. The van der Waals surface area contributed by atoms with Gasteiger partial charge >= 0.3 is 11.9 Å². The maximum atomic E-state index is 11.1. The number of nitrogens with zero attached hydrogens (tertiary/aromatic N) is 1. The summed E-state index contributed by atoms with van der Waals surface area (Å²) in [6, 6.07) is 6.53. The van der Waals surface area contributed by atoms with E-state index in [1.165, 1.54) is 19.4 Å². The Morgan fingerprint density at radius 2 is 2.11 bits per heavy atom. The quantitative estimate of drug-likeness (QED) is 0.810. The monoisotopic (exact) mass is 260 g/mol. The number of anilines is 1. The molecule has 0 spiro atoms. The smallest absolute Gasteiger partial charge is 0.336 e. The Morgan fingerprint density at radius 1 is 1.32 bits per heavy atom. The van der Waals surface area contributed by atoms with Crippen LogP contribution in [0.2, 0.25) is 0 Å². The molecule has 2 aromatic rings. The highest BCUT2D eigenvalue weighted by Gasteiger charge is 2.11. The van der Waals surface area contributed by atoms with E-state index < -0.39 is 11.9 Å². The van der Waals surface area contributed by atoms with Crippen molar-refractivity contribution < 1.29 is 19.4 Å². The third kappa shape index (κ3) is 2.62. The van der Waals surface area contributed by atoms with E-state index in [0.717, 1.165) is 0 Å². The van der Waals surface area contributed by atoms with Gasteiger partial charge in [0.2, 0.25) is 0 Å². The van der Waals surface area contributed by atoms with Crippen LogP contribution in [0.4, 0.5) is 5.82 Å². The summed E-state index contributed by atoms with van der Waals surface area (Å²) in [5, 5.41) is 13.2. The first kappa shape index (κ1) is 12.8. The number of pyridine rings is 1. The molecular weight excluding hydrogens is 248 g/mol. The Hall–Kier alpha value is -2.63. The summed E-state index contributed by atoms with van der Waals surface area (Å²) in [7, 11) is 1.29. The number of nitrogens with one attached hydrogen (secondary N) is 1. The predicted octanol–water partition coefficient (Wildman–Crippen LogP) is 1.52. The van der Waals surface area contributed by atoms with Crippen LogP contribution in [0.1, 0.15) is 10.4 Å². The molecule has 0 amide bonds. The SMILES string of the molecule is COC(=O)CNc1nccc2c(C(=O)O)cccc12. The second kappa shape index (κ2) is 5.34. The van der Waals surface area contributed by atoms with Crippen LogP contribution >= 0.6 is 0 Å². The Balaban J connectivity index is 2.43. The van der Waals surface area contributed by atoms with Gasteiger partial charge in [-0.2, -0.15) is 0 Å². The lowest BCUT2D eigenvalue weighted by molar-refractivity contribution is -0.138. The Kier molecular flexibility index (Phi) is 3.61. The van der Waals surface area contributed by atoms with E-state index in [9.17, 15) is 9.59 Å². The molecule has 0 aliphatic heterocycles. The molecule has 0 unspecified atom stereocenters. The van der Waals surface area contributed by atoms with E-state index in [4.69, 9.17) is 5.11 Å². The number of carboxylic acid groups (broad SMARTS) is 1. The molecule has 98 valence electrons. The largest absolute Gasteiger partial charge is 0.478 e. The molecule has 0 aliphatic rings. The second-order valence-electron chi connectivity index (χ2n) is 3.80. The average molecular weight is 260 g/mol. The number of benzene rings is 1. The van der Waals surface area contributed by atoms with Crippen molar-refractivity contribution in [3.05, 3.63) is 36.0 Å². The van der Waals surface area contributed by atoms with Gasteiger partial charge in [0.25, 0.3) is 0 Å². The summed E-state index contributed by atoms with van der Waals surface area (Å²) in [5.41, 5.74) is 0.195. The van der Waals surface area contributed by atoms with Gasteiger partial charge in [0, 0.05) is 17.0 Å². The summed E-state index contributed by atoms with van der Waals surface area (Å²) < 4.78 is 4.52. The second-order valence-corrected chi connectivity index (χ2v) is 3.80. The lowest BCUT2D eigenvalue weighted by atomic mass is 10.1. The Labute approximate surface area is 109 Å². The first-order valence-corrected chi connectivity index (χ1v) is 5.55. The number of carboxylic acids is 1. The van der Waals surface area contributed by atoms with Gasteiger partial charge in [-0.15, -0.1) is 0 Å². The third-order valence-corrected chi connectivity index (χ3v) is 2.66. The minimum Gasteiger partial charge on any atom is -0.478 e. The van der Waals surface area contributed by atoms with Gasteiger partial charge in [-0.1, -0.05) is 12.1 Å². The zero-order valence-electron chi connectivity index (χ0n) is 10.2. The number of carbonyl (C=O) groups excluding carboxylic acids is 1. The number of esters is 1. The number of hydrogen-bond acceptors (Lipinski definition) is 5. The van der Waals surface area contributed by atoms with Gasteiger partial charge in [-0.25, -0.2) is 9.78 Å². The molecule has 0 radical (unpaired) electrons. The summed E-state index contributed by atoms with van der Waals surface area (Å²) >= 11 is 0. The van der Waals surface area contributed by atoms with E-state index >= 15 is 0 Å². The fourth-order valence-corrected chi connectivity index (χ4v) is 1.76. The van der Waals surface area contributed by atoms with Gasteiger partial charge in [-0.05, 0) is 12.1 Å². The maximum Gasteiger partial charge on any atom is 0.336 e. The molecule has 0 bridgehead atoms. The highest BCUT2D eigenvalue weighted by molar-refractivity contribution is 6.06. The van der Waals surface area contributed by atoms with Gasteiger partial charge in [0.15, 0.2) is 0 Å². The Bertz CT molecular complexity index is 640. The minimum atomic E-state index is -1.00. The van der Waals surface area contributed by atoms with Crippen LogP contribution in [0.25, 0.3) is 10.8 Å². The topological polar surface area (TPSA) is 88.5 Å². The van der Waals surface area contributed by atoms with Crippen molar-refractivity contribution in [1.29, 1.82) is 0 Å². The van der Waals surface area contributed by atoms with Crippen molar-refractivity contribution in [2.45, 2.75) is 0 Å². The number of fused-ring (bicyclic) bond motifs is 1. The lowest BCUT2D eigenvalue weighted by Gasteiger charge is -2.09. The molecule has 2 rings (SSSR count). The molecule has 6 nitrogen and oxygen atoms in total. The lowest BCUT2D eigenvalue weighted by Crippen LogP contribution is -2.15. The number of aromatic carboxylic acids is 1. The first-order valence-electron chi connectivity index (χ1n) is 5.55.